The summed E-state index contributed by atoms with van der Waals surface area (Å²) in [5, 5.41) is 14.8. The zero-order chi connectivity index (χ0) is 24.2. The molecule has 2 aromatic rings. The van der Waals surface area contributed by atoms with Crippen molar-refractivity contribution < 1.29 is 34.1 Å². The molecule has 3 rings (SSSR count). The van der Waals surface area contributed by atoms with Crippen molar-refractivity contribution in [3.05, 3.63) is 59.7 Å². The highest BCUT2D eigenvalue weighted by atomic mass is 16.5. The van der Waals surface area contributed by atoms with Gasteiger partial charge in [-0.3, -0.25) is 9.69 Å². The summed E-state index contributed by atoms with van der Waals surface area (Å²) < 4.78 is 10.7. The molecule has 1 aliphatic heterocycles. The first kappa shape index (κ1) is 25.7. The maximum absolute atomic E-state index is 12.4. The first-order valence-corrected chi connectivity index (χ1v) is 10.6. The van der Waals surface area contributed by atoms with Crippen LogP contribution in [0.15, 0.2) is 48.5 Å². The molecule has 2 N–H and O–H groups in total. The summed E-state index contributed by atoms with van der Waals surface area (Å²) in [5.74, 6) is -2.16. The molecule has 2 aromatic carbocycles. The van der Waals surface area contributed by atoms with Crippen LogP contribution in [0.3, 0.4) is 0 Å². The first-order valence-electron chi connectivity index (χ1n) is 10.6. The predicted molar refractivity (Wildman–Crippen MR) is 121 cm³/mol. The van der Waals surface area contributed by atoms with Gasteiger partial charge in [0.25, 0.3) is 5.91 Å². The summed E-state index contributed by atoms with van der Waals surface area (Å²) in [6, 6.07) is 16.1. The Labute approximate surface area is 193 Å². The molecular formula is C24H30N2O7. The smallest absolute Gasteiger partial charge is 0.414 e. The Morgan fingerprint density at radius 2 is 1.33 bits per heavy atom. The van der Waals surface area contributed by atoms with E-state index >= 15 is 0 Å². The zero-order valence-corrected chi connectivity index (χ0v) is 18.9. The molecule has 0 aromatic heterocycles. The van der Waals surface area contributed by atoms with Gasteiger partial charge in [-0.1, -0.05) is 31.2 Å². The number of methoxy groups -OCH3 is 1. The van der Waals surface area contributed by atoms with Gasteiger partial charge in [0.15, 0.2) is 6.61 Å². The molecule has 0 unspecified atom stereocenters. The Balaban J connectivity index is 0.000000569. The third-order valence-corrected chi connectivity index (χ3v) is 5.17. The van der Waals surface area contributed by atoms with Gasteiger partial charge in [0.2, 0.25) is 0 Å². The van der Waals surface area contributed by atoms with Gasteiger partial charge in [-0.25, -0.2) is 9.59 Å². The molecule has 0 bridgehead atoms. The molecule has 0 saturated carbocycles. The number of nitrogens with zero attached hydrogens (tertiary/aromatic N) is 2. The number of carbonyl (C=O) groups excluding carboxylic acids is 1. The van der Waals surface area contributed by atoms with Crippen LogP contribution in [0.25, 0.3) is 0 Å². The lowest BCUT2D eigenvalue weighted by Gasteiger charge is -2.34. The van der Waals surface area contributed by atoms with Crippen LogP contribution in [0.4, 0.5) is 0 Å². The summed E-state index contributed by atoms with van der Waals surface area (Å²) in [7, 11) is 1.62. The van der Waals surface area contributed by atoms with Gasteiger partial charge in [0.05, 0.1) is 7.11 Å². The molecule has 1 heterocycles. The lowest BCUT2D eigenvalue weighted by atomic mass is 10.1. The van der Waals surface area contributed by atoms with Crippen LogP contribution in [-0.2, 0) is 27.3 Å². The molecule has 1 amide bonds. The molecule has 178 valence electrons. The van der Waals surface area contributed by atoms with Crippen LogP contribution in [-0.4, -0.2) is 77.8 Å². The van der Waals surface area contributed by atoms with Crippen molar-refractivity contribution in [1.29, 1.82) is 0 Å². The van der Waals surface area contributed by atoms with Crippen molar-refractivity contribution >= 4 is 17.8 Å². The van der Waals surface area contributed by atoms with E-state index in [0.717, 1.165) is 44.9 Å². The van der Waals surface area contributed by atoms with Crippen molar-refractivity contribution in [1.82, 2.24) is 9.80 Å². The van der Waals surface area contributed by atoms with Gasteiger partial charge in [-0.2, -0.15) is 0 Å². The van der Waals surface area contributed by atoms with E-state index in [1.54, 1.807) is 7.11 Å². The molecule has 1 saturated heterocycles. The summed E-state index contributed by atoms with van der Waals surface area (Å²) in [6.45, 7) is 6.46. The third kappa shape index (κ3) is 8.82. The van der Waals surface area contributed by atoms with E-state index in [9.17, 15) is 4.79 Å². The van der Waals surface area contributed by atoms with E-state index in [1.807, 2.05) is 29.2 Å². The van der Waals surface area contributed by atoms with Gasteiger partial charge in [-0.15, -0.1) is 0 Å². The van der Waals surface area contributed by atoms with Crippen molar-refractivity contribution in [3.8, 4) is 11.5 Å². The van der Waals surface area contributed by atoms with Gasteiger partial charge in [0.1, 0.15) is 11.5 Å². The van der Waals surface area contributed by atoms with Crippen LogP contribution >= 0.6 is 0 Å². The maximum atomic E-state index is 12.4. The van der Waals surface area contributed by atoms with Crippen LogP contribution in [0.5, 0.6) is 11.5 Å². The largest absolute Gasteiger partial charge is 0.497 e. The maximum Gasteiger partial charge on any atom is 0.414 e. The van der Waals surface area contributed by atoms with E-state index in [1.165, 1.54) is 11.1 Å². The molecule has 0 atom stereocenters. The molecular weight excluding hydrogens is 428 g/mol. The number of aryl methyl sites for hydroxylation is 1. The monoisotopic (exact) mass is 458 g/mol. The minimum absolute atomic E-state index is 0.0396. The fourth-order valence-corrected chi connectivity index (χ4v) is 3.20. The number of rotatable bonds is 7. The van der Waals surface area contributed by atoms with Crippen molar-refractivity contribution in [2.45, 2.75) is 19.9 Å². The molecule has 1 aliphatic rings. The summed E-state index contributed by atoms with van der Waals surface area (Å²) >= 11 is 0. The fraction of sp³-hybridized carbons (Fsp3) is 0.375. The zero-order valence-electron chi connectivity index (χ0n) is 18.9. The third-order valence-electron chi connectivity index (χ3n) is 5.17. The van der Waals surface area contributed by atoms with Crippen LogP contribution in [0.2, 0.25) is 0 Å². The van der Waals surface area contributed by atoms with Gasteiger partial charge >= 0.3 is 11.9 Å². The molecule has 0 aliphatic carbocycles. The number of ether oxygens (including phenoxy) is 2. The lowest BCUT2D eigenvalue weighted by Crippen LogP contribution is -2.49. The minimum Gasteiger partial charge on any atom is -0.497 e. The lowest BCUT2D eigenvalue weighted by molar-refractivity contribution is -0.159. The van der Waals surface area contributed by atoms with Gasteiger partial charge in [-0.05, 0) is 41.8 Å². The summed E-state index contributed by atoms with van der Waals surface area (Å²) in [5.41, 5.74) is 2.70. The van der Waals surface area contributed by atoms with E-state index in [0.29, 0.717) is 5.75 Å². The molecule has 9 heteroatoms. The Morgan fingerprint density at radius 1 is 0.818 bits per heavy atom. The number of carbonyl (C=O) groups is 3. The number of hydrogen-bond donors (Lipinski definition) is 2. The second kappa shape index (κ2) is 13.1. The Kier molecular flexibility index (Phi) is 10.2. The highest BCUT2D eigenvalue weighted by Crippen LogP contribution is 2.17. The average Bonchev–Trinajstić information content (AvgIpc) is 2.84. The number of benzene rings is 2. The van der Waals surface area contributed by atoms with E-state index in [-0.39, 0.29) is 12.5 Å². The summed E-state index contributed by atoms with van der Waals surface area (Å²) in [6.07, 6.45) is 1.07. The molecule has 33 heavy (non-hydrogen) atoms. The van der Waals surface area contributed by atoms with Crippen LogP contribution in [0, 0.1) is 0 Å². The molecule has 0 radical (unpaired) electrons. The highest BCUT2D eigenvalue weighted by Gasteiger charge is 2.21. The number of carboxylic acid groups (broad SMARTS) is 2. The summed E-state index contributed by atoms with van der Waals surface area (Å²) in [4.78, 5) is 34.9. The Hall–Kier alpha value is -3.59. The van der Waals surface area contributed by atoms with Crippen molar-refractivity contribution in [2.75, 3.05) is 39.9 Å². The average molecular weight is 459 g/mol. The normalized spacial score (nSPS) is 13.5. The minimum atomic E-state index is -1.82. The van der Waals surface area contributed by atoms with Crippen LogP contribution in [0.1, 0.15) is 18.1 Å². The van der Waals surface area contributed by atoms with Crippen molar-refractivity contribution in [2.24, 2.45) is 0 Å². The second-order valence-corrected chi connectivity index (χ2v) is 7.40. The topological polar surface area (TPSA) is 117 Å². The standard InChI is InChI=1S/C22H28N2O3.C2H2O4/c1-3-18-4-6-19(7-5-18)16-23-12-14-24(15-13-23)22(25)17-27-21-10-8-20(26-2)9-11-21;3-1(4)2(5)6/h4-11H,3,12-17H2,1-2H3;(H,3,4)(H,5,6). The first-order chi connectivity index (χ1) is 15.8. The highest BCUT2D eigenvalue weighted by molar-refractivity contribution is 6.27. The van der Waals surface area contributed by atoms with E-state index < -0.39 is 11.9 Å². The number of carboxylic acids is 2. The van der Waals surface area contributed by atoms with Crippen molar-refractivity contribution in [3.63, 3.8) is 0 Å². The van der Waals surface area contributed by atoms with Gasteiger partial charge in [0, 0.05) is 32.7 Å². The number of aliphatic carboxylic acids is 2. The van der Waals surface area contributed by atoms with Crippen LogP contribution < -0.4 is 9.47 Å². The number of hydrogen-bond acceptors (Lipinski definition) is 6. The molecule has 9 nitrogen and oxygen atoms in total. The van der Waals surface area contributed by atoms with E-state index in [4.69, 9.17) is 29.3 Å². The molecule has 1 fully saturated rings. The molecule has 0 spiro atoms. The second-order valence-electron chi connectivity index (χ2n) is 7.40. The predicted octanol–water partition coefficient (Wildman–Crippen LogP) is 2.14. The van der Waals surface area contributed by atoms with Gasteiger partial charge < -0.3 is 24.6 Å². The Morgan fingerprint density at radius 3 is 1.82 bits per heavy atom. The fourth-order valence-electron chi connectivity index (χ4n) is 3.20. The SMILES string of the molecule is CCc1ccc(CN2CCN(C(=O)COc3ccc(OC)cc3)CC2)cc1.O=C(O)C(=O)O. The quantitative estimate of drug-likeness (QED) is 0.606. The number of piperazine rings is 1. The number of amides is 1. The Bertz CT molecular complexity index is 893. The van der Waals surface area contributed by atoms with E-state index in [2.05, 4.69) is 36.1 Å².